The lowest BCUT2D eigenvalue weighted by Gasteiger charge is -2.09. The number of hydrogen-bond donors (Lipinski definition) is 1. The van der Waals surface area contributed by atoms with Crippen molar-refractivity contribution < 1.29 is 4.79 Å². The largest absolute Gasteiger partial charge is 0.316 e. The number of thiophene rings is 2. The lowest BCUT2D eigenvalue weighted by molar-refractivity contribution is -0.113. The second-order valence-corrected chi connectivity index (χ2v) is 11.0. The third kappa shape index (κ3) is 4.68. The van der Waals surface area contributed by atoms with E-state index < -0.39 is 0 Å². The van der Waals surface area contributed by atoms with Crippen LogP contribution in [0.15, 0.2) is 29.3 Å². The van der Waals surface area contributed by atoms with Crippen molar-refractivity contribution >= 4 is 45.3 Å². The molecule has 3 heterocycles. The van der Waals surface area contributed by atoms with Gasteiger partial charge in [-0.05, 0) is 43.2 Å². The molecule has 9 heteroatoms. The van der Waals surface area contributed by atoms with Gasteiger partial charge in [0.2, 0.25) is 5.91 Å². The minimum absolute atomic E-state index is 0.141. The van der Waals surface area contributed by atoms with E-state index in [9.17, 15) is 10.1 Å². The van der Waals surface area contributed by atoms with Crippen molar-refractivity contribution in [2.75, 3.05) is 11.1 Å². The molecular formula is C23H25N5OS3. The highest BCUT2D eigenvalue weighted by molar-refractivity contribution is 7.99. The zero-order valence-corrected chi connectivity index (χ0v) is 20.6. The Balaban J connectivity index is 1.47. The Labute approximate surface area is 200 Å². The summed E-state index contributed by atoms with van der Waals surface area (Å²) in [4.78, 5) is 15.2. The van der Waals surface area contributed by atoms with E-state index in [0.717, 1.165) is 42.6 Å². The molecule has 0 bridgehead atoms. The molecule has 1 amide bonds. The second-order valence-electron chi connectivity index (χ2n) is 7.96. The second kappa shape index (κ2) is 10.0. The van der Waals surface area contributed by atoms with Gasteiger partial charge in [0.05, 0.1) is 11.3 Å². The molecule has 4 rings (SSSR count). The summed E-state index contributed by atoms with van der Waals surface area (Å²) in [7, 11) is 0. The highest BCUT2D eigenvalue weighted by atomic mass is 32.2. The summed E-state index contributed by atoms with van der Waals surface area (Å²) in [5.74, 6) is 1.30. The van der Waals surface area contributed by atoms with Crippen molar-refractivity contribution in [3.05, 3.63) is 45.0 Å². The van der Waals surface area contributed by atoms with Crippen LogP contribution in [0.25, 0.3) is 11.4 Å². The number of nitriles is 1. The van der Waals surface area contributed by atoms with E-state index in [-0.39, 0.29) is 11.7 Å². The first-order valence-electron chi connectivity index (χ1n) is 10.6. The molecular weight excluding hydrogens is 458 g/mol. The standard InChI is InChI=1S/C23H25N5OS3/c1-4-9-28-21(15-10-19(14(2)3)30-12-15)26-27-23(28)31-13-20(29)25-22-17(11-24)16-7-5-6-8-18(16)32-22/h4,10,12,14H,1,5-9,13H2,2-3H3,(H,25,29). The van der Waals surface area contributed by atoms with E-state index in [1.54, 1.807) is 22.7 Å². The molecule has 3 aromatic rings. The van der Waals surface area contributed by atoms with Gasteiger partial charge in [0.15, 0.2) is 11.0 Å². The maximum atomic E-state index is 12.7. The maximum Gasteiger partial charge on any atom is 0.235 e. The number of nitrogens with one attached hydrogen (secondary N) is 1. The smallest absolute Gasteiger partial charge is 0.235 e. The number of anilines is 1. The summed E-state index contributed by atoms with van der Waals surface area (Å²) in [6.07, 6.45) is 5.97. The number of carbonyl (C=O) groups is 1. The summed E-state index contributed by atoms with van der Waals surface area (Å²) in [6.45, 7) is 8.76. The molecule has 0 fully saturated rings. The van der Waals surface area contributed by atoms with Crippen LogP contribution in [0.5, 0.6) is 0 Å². The fraction of sp³-hybridized carbons (Fsp3) is 0.391. The SMILES string of the molecule is C=CCn1c(SCC(=O)Nc2sc3c(c2C#N)CCCC3)nnc1-c1csc(C(C)C)c1. The number of aromatic nitrogens is 3. The molecule has 166 valence electrons. The predicted molar refractivity (Wildman–Crippen MR) is 133 cm³/mol. The average molecular weight is 484 g/mol. The van der Waals surface area contributed by atoms with Crippen molar-refractivity contribution in [1.29, 1.82) is 5.26 Å². The summed E-state index contributed by atoms with van der Waals surface area (Å²) < 4.78 is 1.99. The summed E-state index contributed by atoms with van der Waals surface area (Å²) >= 11 is 4.61. The normalized spacial score (nSPS) is 13.1. The first-order chi connectivity index (χ1) is 15.5. The van der Waals surface area contributed by atoms with Gasteiger partial charge in [-0.3, -0.25) is 9.36 Å². The maximum absolute atomic E-state index is 12.7. The van der Waals surface area contributed by atoms with Crippen LogP contribution < -0.4 is 5.32 Å². The van der Waals surface area contributed by atoms with E-state index in [1.165, 1.54) is 21.5 Å². The van der Waals surface area contributed by atoms with E-state index in [1.807, 2.05) is 10.6 Å². The van der Waals surface area contributed by atoms with Crippen molar-refractivity contribution in [2.24, 2.45) is 0 Å². The number of amides is 1. The first-order valence-corrected chi connectivity index (χ1v) is 13.3. The van der Waals surface area contributed by atoms with Gasteiger partial charge in [-0.1, -0.05) is 31.7 Å². The number of carbonyl (C=O) groups excluding carboxylic acids is 1. The Morgan fingerprint density at radius 1 is 1.41 bits per heavy atom. The third-order valence-corrected chi connectivity index (χ3v) is 8.75. The van der Waals surface area contributed by atoms with Crippen LogP contribution in [-0.4, -0.2) is 26.4 Å². The number of nitrogens with zero attached hydrogens (tertiary/aromatic N) is 4. The van der Waals surface area contributed by atoms with E-state index in [2.05, 4.69) is 53.5 Å². The van der Waals surface area contributed by atoms with E-state index >= 15 is 0 Å². The monoisotopic (exact) mass is 483 g/mol. The van der Waals surface area contributed by atoms with E-state index in [4.69, 9.17) is 0 Å². The summed E-state index contributed by atoms with van der Waals surface area (Å²) in [6, 6.07) is 4.45. The average Bonchev–Trinajstić information content (AvgIpc) is 3.49. The van der Waals surface area contributed by atoms with Gasteiger partial charge in [0, 0.05) is 27.2 Å². The molecule has 0 atom stereocenters. The highest BCUT2D eigenvalue weighted by Crippen LogP contribution is 2.38. The number of rotatable bonds is 8. The van der Waals surface area contributed by atoms with Gasteiger partial charge < -0.3 is 5.32 Å². The van der Waals surface area contributed by atoms with Crippen molar-refractivity contribution in [3.8, 4) is 17.5 Å². The Kier molecular flexibility index (Phi) is 7.13. The van der Waals surface area contributed by atoms with Gasteiger partial charge >= 0.3 is 0 Å². The quantitative estimate of drug-likeness (QED) is 0.320. The molecule has 0 spiro atoms. The Hall–Kier alpha value is -2.41. The summed E-state index contributed by atoms with van der Waals surface area (Å²) in [5.41, 5.74) is 2.80. The third-order valence-electron chi connectivity index (χ3n) is 5.34. The minimum Gasteiger partial charge on any atom is -0.316 e. The van der Waals surface area contributed by atoms with Crippen LogP contribution in [0.2, 0.25) is 0 Å². The molecule has 0 saturated carbocycles. The van der Waals surface area contributed by atoms with Crippen LogP contribution in [0, 0.1) is 11.3 Å². The van der Waals surface area contributed by atoms with Gasteiger partial charge in [-0.2, -0.15) is 5.26 Å². The van der Waals surface area contributed by atoms with Crippen molar-refractivity contribution in [2.45, 2.75) is 57.1 Å². The zero-order valence-electron chi connectivity index (χ0n) is 18.2. The molecule has 1 aliphatic rings. The van der Waals surface area contributed by atoms with Crippen LogP contribution >= 0.6 is 34.4 Å². The fourth-order valence-corrected chi connectivity index (χ4v) is 6.65. The van der Waals surface area contributed by atoms with Gasteiger partial charge in [0.1, 0.15) is 11.1 Å². The van der Waals surface area contributed by atoms with Gasteiger partial charge in [0.25, 0.3) is 0 Å². The minimum atomic E-state index is -0.141. The Morgan fingerprint density at radius 3 is 2.94 bits per heavy atom. The molecule has 0 unspecified atom stereocenters. The topological polar surface area (TPSA) is 83.6 Å². The van der Waals surface area contributed by atoms with Crippen LogP contribution in [0.3, 0.4) is 0 Å². The molecule has 0 radical (unpaired) electrons. The predicted octanol–water partition coefficient (Wildman–Crippen LogP) is 5.86. The number of hydrogen-bond acceptors (Lipinski definition) is 7. The zero-order chi connectivity index (χ0) is 22.7. The number of aryl methyl sites for hydroxylation is 1. The molecule has 0 aromatic carbocycles. The molecule has 6 nitrogen and oxygen atoms in total. The van der Waals surface area contributed by atoms with Crippen LogP contribution in [0.1, 0.15) is 53.5 Å². The lowest BCUT2D eigenvalue weighted by atomic mass is 9.96. The van der Waals surface area contributed by atoms with Crippen LogP contribution in [-0.2, 0) is 24.2 Å². The van der Waals surface area contributed by atoms with Crippen LogP contribution in [0.4, 0.5) is 5.00 Å². The Morgan fingerprint density at radius 2 is 2.22 bits per heavy atom. The Bertz CT molecular complexity index is 1180. The highest BCUT2D eigenvalue weighted by Gasteiger charge is 2.22. The fourth-order valence-electron chi connectivity index (χ4n) is 3.74. The van der Waals surface area contributed by atoms with Crippen molar-refractivity contribution in [3.63, 3.8) is 0 Å². The molecule has 32 heavy (non-hydrogen) atoms. The summed E-state index contributed by atoms with van der Waals surface area (Å²) in [5, 5.41) is 24.7. The van der Waals surface area contributed by atoms with E-state index in [0.29, 0.717) is 28.2 Å². The molecule has 1 N–H and O–H groups in total. The molecule has 3 aromatic heterocycles. The number of allylic oxidation sites excluding steroid dienone is 1. The number of thioether (sulfide) groups is 1. The lowest BCUT2D eigenvalue weighted by Crippen LogP contribution is -2.14. The molecule has 0 saturated heterocycles. The van der Waals surface area contributed by atoms with Crippen molar-refractivity contribution in [1.82, 2.24) is 14.8 Å². The van der Waals surface area contributed by atoms with Gasteiger partial charge in [-0.15, -0.1) is 39.4 Å². The molecule has 0 aliphatic heterocycles. The van der Waals surface area contributed by atoms with Gasteiger partial charge in [-0.25, -0.2) is 0 Å². The first kappa shape index (κ1) is 22.8. The molecule has 1 aliphatic carbocycles. The number of fused-ring (bicyclic) bond motifs is 1.